The summed E-state index contributed by atoms with van der Waals surface area (Å²) in [5.41, 5.74) is 19.3. The van der Waals surface area contributed by atoms with Crippen LogP contribution in [0.15, 0.2) is 78.3 Å². The van der Waals surface area contributed by atoms with Gasteiger partial charge in [-0.2, -0.15) is 0 Å². The van der Waals surface area contributed by atoms with Crippen LogP contribution < -0.4 is 54.4 Å². The number of H-pyrrole nitrogens is 2. The number of aliphatic imine (C=N–C) groups is 1. The number of benzene rings is 2. The summed E-state index contributed by atoms with van der Waals surface area (Å²) in [7, 11) is 0. The van der Waals surface area contributed by atoms with Crippen LogP contribution in [0.4, 0.5) is 0 Å². The lowest BCUT2D eigenvalue weighted by molar-refractivity contribution is -0.135. The van der Waals surface area contributed by atoms with Gasteiger partial charge in [0.1, 0.15) is 36.3 Å². The lowest BCUT2D eigenvalue weighted by Gasteiger charge is -2.26. The maximum Gasteiger partial charge on any atom is 0.243 e. The van der Waals surface area contributed by atoms with Crippen LogP contribution in [0.5, 0.6) is 0 Å². The van der Waals surface area contributed by atoms with Crippen molar-refractivity contribution in [2.24, 2.45) is 22.2 Å². The van der Waals surface area contributed by atoms with Gasteiger partial charge < -0.3 is 64.4 Å². The summed E-state index contributed by atoms with van der Waals surface area (Å²) >= 11 is 0. The molecule has 0 spiro atoms. The molecule has 15 N–H and O–H groups in total. The number of fused-ring (bicyclic) bond motifs is 1. The van der Waals surface area contributed by atoms with Crippen LogP contribution in [0.25, 0.3) is 10.9 Å². The van der Waals surface area contributed by atoms with E-state index in [9.17, 15) is 38.4 Å². The number of unbranched alkanes of at least 4 members (excludes halogenated alkanes) is 1. The molecular weight excluding hydrogens is 865 g/mol. The van der Waals surface area contributed by atoms with Gasteiger partial charge in [0.2, 0.25) is 47.3 Å². The zero-order valence-corrected chi connectivity index (χ0v) is 37.9. The number of carbonyl (C=O) groups is 8. The molecule has 0 radical (unpaired) electrons. The van der Waals surface area contributed by atoms with Gasteiger partial charge in [0, 0.05) is 61.7 Å². The minimum atomic E-state index is -1.32. The first-order valence-electron chi connectivity index (χ1n) is 22.0. The lowest BCUT2D eigenvalue weighted by Crippen LogP contribution is -2.59. The van der Waals surface area contributed by atoms with Crippen LogP contribution in [0.1, 0.15) is 69.7 Å². The van der Waals surface area contributed by atoms with Gasteiger partial charge in [-0.3, -0.25) is 43.3 Å². The number of nitrogens with one attached hydrogen (secondary N) is 9. The van der Waals surface area contributed by atoms with Crippen molar-refractivity contribution in [1.29, 1.82) is 0 Å². The Kier molecular flexibility index (Phi) is 20.3. The molecule has 22 heteroatoms. The maximum atomic E-state index is 14.3. The minimum Gasteiger partial charge on any atom is -0.370 e. The fraction of sp³-hybridized carbons (Fsp3) is 0.422. The van der Waals surface area contributed by atoms with Crippen molar-refractivity contribution >= 4 is 64.1 Å². The van der Waals surface area contributed by atoms with Crippen molar-refractivity contribution in [1.82, 2.24) is 52.2 Å². The quantitative estimate of drug-likeness (QED) is 0.0190. The molecule has 0 aliphatic rings. The van der Waals surface area contributed by atoms with Gasteiger partial charge in [0.25, 0.3) is 0 Å². The SMILES string of the molecule is CCCC[C@H](NC(C)=O)C(=O)N[C@@H](C)C(=O)N[C@@H](Cc1cnc[nH]1)C(=O)N[C@H](Cc1ccccc1)C(=O)N[C@@H](CCCN=C(N)N)C(=O)NCC(=O)N[C@@H](Cc1c[nH]c2ccccc12)C(N)=O. The number of aromatic nitrogens is 3. The van der Waals surface area contributed by atoms with Crippen molar-refractivity contribution in [3.63, 3.8) is 0 Å². The zero-order valence-electron chi connectivity index (χ0n) is 37.9. The molecule has 2 heterocycles. The van der Waals surface area contributed by atoms with E-state index in [1.165, 1.54) is 26.4 Å². The third kappa shape index (κ3) is 17.3. The molecule has 4 aromatic rings. The maximum absolute atomic E-state index is 14.3. The Balaban J connectivity index is 1.50. The second kappa shape index (κ2) is 26.2. The lowest BCUT2D eigenvalue weighted by atomic mass is 10.0. The van der Waals surface area contributed by atoms with Gasteiger partial charge in [-0.05, 0) is 43.4 Å². The first-order valence-corrected chi connectivity index (χ1v) is 22.0. The van der Waals surface area contributed by atoms with E-state index in [1.807, 2.05) is 31.2 Å². The van der Waals surface area contributed by atoms with Gasteiger partial charge in [0.15, 0.2) is 5.96 Å². The zero-order chi connectivity index (χ0) is 48.9. The van der Waals surface area contributed by atoms with Crippen LogP contribution in [0.3, 0.4) is 0 Å². The number of nitrogens with zero attached hydrogens (tertiary/aromatic N) is 2. The molecule has 4 rings (SSSR count). The van der Waals surface area contributed by atoms with E-state index in [2.05, 4.69) is 57.2 Å². The fourth-order valence-corrected chi connectivity index (χ4v) is 7.08. The average Bonchev–Trinajstić information content (AvgIpc) is 3.97. The van der Waals surface area contributed by atoms with Crippen LogP contribution in [-0.2, 0) is 57.6 Å². The summed E-state index contributed by atoms with van der Waals surface area (Å²) in [6.45, 7) is 4.17. The van der Waals surface area contributed by atoms with Crippen LogP contribution in [0.2, 0.25) is 0 Å². The molecule has 0 saturated carbocycles. The largest absolute Gasteiger partial charge is 0.370 e. The Morgan fingerprint density at radius 3 is 1.96 bits per heavy atom. The molecule has 8 amide bonds. The van der Waals surface area contributed by atoms with E-state index in [1.54, 1.807) is 36.5 Å². The molecule has 0 saturated heterocycles. The summed E-state index contributed by atoms with van der Waals surface area (Å²) in [6.07, 6.45) is 6.49. The predicted octanol–water partition coefficient (Wildman–Crippen LogP) is -1.29. The number of hydrogen-bond donors (Lipinski definition) is 12. The average molecular weight is 927 g/mol. The molecule has 2 aromatic heterocycles. The number of imidazole rings is 1. The molecule has 2 aromatic carbocycles. The molecule has 6 atom stereocenters. The Morgan fingerprint density at radius 1 is 0.672 bits per heavy atom. The number of hydrogen-bond acceptors (Lipinski definition) is 10. The van der Waals surface area contributed by atoms with Crippen molar-refractivity contribution in [2.75, 3.05) is 13.1 Å². The third-order valence-electron chi connectivity index (χ3n) is 10.6. The molecule has 0 bridgehead atoms. The smallest absolute Gasteiger partial charge is 0.243 e. The second-order valence-electron chi connectivity index (χ2n) is 16.0. The fourth-order valence-electron chi connectivity index (χ4n) is 7.08. The number of amides is 8. The topological polar surface area (TPSA) is 356 Å². The first kappa shape index (κ1) is 51.9. The standard InChI is InChI=1S/C45H62N14O8/c1-4-5-15-34(55-27(3)60)42(65)54-26(2)40(63)58-37(21-30-23-49-25-53-30)44(67)59-36(19-28-12-7-6-8-13-28)43(66)57-33(17-11-18-50-45(47)48)41(64)52-24-38(61)56-35(39(46)62)20-29-22-51-32-16-10-9-14-31(29)32/h6-10,12-14,16,22-23,25-26,33-37,51H,4-5,11,15,17-21,24H2,1-3H3,(H2,46,62)(H,49,53)(H,52,64)(H,54,65)(H,55,60)(H,56,61)(H,57,66)(H,58,63)(H,59,67)(H4,47,48,50)/t26-,33-,34-,35-,36+,37-/m0/s1. The van der Waals surface area contributed by atoms with E-state index in [0.717, 1.165) is 22.9 Å². The Labute approximate surface area is 387 Å². The van der Waals surface area contributed by atoms with Gasteiger partial charge in [-0.25, -0.2) is 4.98 Å². The van der Waals surface area contributed by atoms with Gasteiger partial charge >= 0.3 is 0 Å². The van der Waals surface area contributed by atoms with E-state index in [4.69, 9.17) is 17.2 Å². The van der Waals surface area contributed by atoms with E-state index in [-0.39, 0.29) is 44.6 Å². The summed E-state index contributed by atoms with van der Waals surface area (Å²) in [6, 6.07) is 9.15. The summed E-state index contributed by atoms with van der Waals surface area (Å²) in [5, 5.41) is 19.2. The Bertz CT molecular complexity index is 2330. The van der Waals surface area contributed by atoms with E-state index >= 15 is 0 Å². The molecule has 0 fully saturated rings. The number of rotatable bonds is 27. The number of primary amides is 1. The van der Waals surface area contributed by atoms with Gasteiger partial charge in [-0.15, -0.1) is 0 Å². The van der Waals surface area contributed by atoms with E-state index < -0.39 is 90.1 Å². The molecule has 0 aliphatic carbocycles. The Morgan fingerprint density at radius 2 is 1.30 bits per heavy atom. The summed E-state index contributed by atoms with van der Waals surface area (Å²) in [4.78, 5) is 120. The van der Waals surface area contributed by atoms with Crippen LogP contribution in [-0.4, -0.2) is 118 Å². The predicted molar refractivity (Wildman–Crippen MR) is 249 cm³/mol. The number of nitrogens with two attached hydrogens (primary N) is 3. The van der Waals surface area contributed by atoms with Crippen molar-refractivity contribution < 1.29 is 38.4 Å². The number of para-hydroxylation sites is 1. The highest BCUT2D eigenvalue weighted by atomic mass is 16.2. The summed E-state index contributed by atoms with van der Waals surface area (Å²) in [5.74, 6) is -5.72. The minimum absolute atomic E-state index is 0.00416. The van der Waals surface area contributed by atoms with Crippen molar-refractivity contribution in [3.8, 4) is 0 Å². The highest BCUT2D eigenvalue weighted by Gasteiger charge is 2.32. The van der Waals surface area contributed by atoms with Gasteiger partial charge in [-0.1, -0.05) is 68.3 Å². The Hall–Kier alpha value is -7.78. The molecule has 360 valence electrons. The molecule has 67 heavy (non-hydrogen) atoms. The monoisotopic (exact) mass is 926 g/mol. The van der Waals surface area contributed by atoms with E-state index in [0.29, 0.717) is 24.1 Å². The first-order chi connectivity index (χ1) is 32.0. The second-order valence-corrected chi connectivity index (χ2v) is 16.0. The van der Waals surface area contributed by atoms with Crippen molar-refractivity contribution in [2.45, 2.75) is 108 Å². The molecule has 0 unspecified atom stereocenters. The third-order valence-corrected chi connectivity index (χ3v) is 10.6. The number of carbonyl (C=O) groups excluding carboxylic acids is 8. The van der Waals surface area contributed by atoms with Gasteiger partial charge in [0.05, 0.1) is 12.9 Å². The normalized spacial score (nSPS) is 13.6. The van der Waals surface area contributed by atoms with Crippen LogP contribution in [0, 0.1) is 0 Å². The number of aromatic amines is 2. The number of guanidine groups is 1. The molecule has 0 aliphatic heterocycles. The molecular formula is C45H62N14O8. The van der Waals surface area contributed by atoms with Crippen molar-refractivity contribution in [3.05, 3.63) is 90.1 Å². The highest BCUT2D eigenvalue weighted by Crippen LogP contribution is 2.19. The van der Waals surface area contributed by atoms with Crippen LogP contribution >= 0.6 is 0 Å². The summed E-state index contributed by atoms with van der Waals surface area (Å²) < 4.78 is 0. The highest BCUT2D eigenvalue weighted by molar-refractivity contribution is 5.97. The molecule has 22 nitrogen and oxygen atoms in total.